The molecule has 0 bridgehead atoms. The van der Waals surface area contributed by atoms with Crippen molar-refractivity contribution < 1.29 is 14.3 Å². The average Bonchev–Trinajstić information content (AvgIpc) is 2.75. The normalized spacial score (nSPS) is 11.7. The number of nitrogens with one attached hydrogen (secondary N) is 1. The van der Waals surface area contributed by atoms with Gasteiger partial charge in [-0.1, -0.05) is 23.9 Å². The predicted molar refractivity (Wildman–Crippen MR) is 74.0 cm³/mol. The molecular formula is C13H16N2O3S. The van der Waals surface area contributed by atoms with Crippen molar-refractivity contribution in [1.29, 1.82) is 0 Å². The molecule has 102 valence electrons. The lowest BCUT2D eigenvalue weighted by Crippen LogP contribution is -2.38. The Balaban J connectivity index is 1.86. The number of thioether (sulfide) groups is 1. The number of nitrogens with zero attached hydrogens (tertiary/aromatic N) is 1. The summed E-state index contributed by atoms with van der Waals surface area (Å²) in [6.45, 7) is 3.50. The third-order valence-corrected chi connectivity index (χ3v) is 3.15. The number of carbonyl (C=O) groups is 1. The van der Waals surface area contributed by atoms with Crippen molar-refractivity contribution in [3.8, 4) is 0 Å². The molecule has 1 aromatic carbocycles. The smallest absolute Gasteiger partial charge is 0.257 e. The molecular weight excluding hydrogens is 264 g/mol. The van der Waals surface area contributed by atoms with E-state index in [-0.39, 0.29) is 18.2 Å². The minimum absolute atomic E-state index is 0.158. The minimum Gasteiger partial charge on any atom is -0.431 e. The largest absolute Gasteiger partial charge is 0.431 e. The van der Waals surface area contributed by atoms with Gasteiger partial charge < -0.3 is 14.8 Å². The average molecular weight is 280 g/mol. The molecule has 1 aromatic heterocycles. The summed E-state index contributed by atoms with van der Waals surface area (Å²) >= 11 is 1.23. The summed E-state index contributed by atoms with van der Waals surface area (Å²) in [6.07, 6.45) is 0. The lowest BCUT2D eigenvalue weighted by atomic mass is 10.1. The Morgan fingerprint density at radius 3 is 2.89 bits per heavy atom. The first kappa shape index (κ1) is 13.9. The zero-order valence-corrected chi connectivity index (χ0v) is 11.7. The Bertz CT molecular complexity index is 542. The van der Waals surface area contributed by atoms with Gasteiger partial charge in [0.2, 0.25) is 5.91 Å². The molecule has 0 fully saturated rings. The van der Waals surface area contributed by atoms with Gasteiger partial charge in [0.05, 0.1) is 11.4 Å². The van der Waals surface area contributed by atoms with Crippen LogP contribution in [0.4, 0.5) is 0 Å². The molecule has 2 aromatic rings. The van der Waals surface area contributed by atoms with Gasteiger partial charge >= 0.3 is 0 Å². The third kappa shape index (κ3) is 4.25. The number of hydrogen-bond donors (Lipinski definition) is 2. The number of aliphatic hydroxyl groups is 1. The van der Waals surface area contributed by atoms with Crippen LogP contribution in [-0.4, -0.2) is 33.9 Å². The molecule has 0 saturated carbocycles. The van der Waals surface area contributed by atoms with Crippen molar-refractivity contribution >= 4 is 28.8 Å². The molecule has 19 heavy (non-hydrogen) atoms. The van der Waals surface area contributed by atoms with Crippen molar-refractivity contribution in [2.24, 2.45) is 0 Å². The second-order valence-corrected chi connectivity index (χ2v) is 5.75. The second-order valence-electron chi connectivity index (χ2n) is 4.83. The maximum absolute atomic E-state index is 11.6. The van der Waals surface area contributed by atoms with Crippen LogP contribution in [0, 0.1) is 0 Å². The van der Waals surface area contributed by atoms with E-state index < -0.39 is 5.60 Å². The summed E-state index contributed by atoms with van der Waals surface area (Å²) in [6, 6.07) is 7.45. The standard InChI is InChI=1S/C13H16N2O3S/c1-13(2,17)8-14-11(16)7-19-12-15-9-5-3-4-6-10(9)18-12/h3-6,17H,7-8H2,1-2H3,(H,14,16). The van der Waals surface area contributed by atoms with Crippen LogP contribution in [0.2, 0.25) is 0 Å². The van der Waals surface area contributed by atoms with Crippen LogP contribution >= 0.6 is 11.8 Å². The molecule has 5 nitrogen and oxygen atoms in total. The molecule has 2 rings (SSSR count). The Kier molecular flexibility index (Phi) is 4.11. The number of fused-ring (bicyclic) bond motifs is 1. The van der Waals surface area contributed by atoms with Crippen LogP contribution < -0.4 is 5.32 Å². The molecule has 0 radical (unpaired) electrons. The van der Waals surface area contributed by atoms with E-state index in [0.29, 0.717) is 10.8 Å². The van der Waals surface area contributed by atoms with E-state index in [1.165, 1.54) is 11.8 Å². The van der Waals surface area contributed by atoms with E-state index in [1.807, 2.05) is 24.3 Å². The van der Waals surface area contributed by atoms with Crippen LogP contribution in [0.1, 0.15) is 13.8 Å². The van der Waals surface area contributed by atoms with E-state index >= 15 is 0 Å². The molecule has 0 aliphatic heterocycles. The summed E-state index contributed by atoms with van der Waals surface area (Å²) in [5.41, 5.74) is 0.585. The first-order valence-electron chi connectivity index (χ1n) is 5.91. The highest BCUT2D eigenvalue weighted by molar-refractivity contribution is 7.99. The van der Waals surface area contributed by atoms with Gasteiger partial charge in [-0.25, -0.2) is 4.98 Å². The highest BCUT2D eigenvalue weighted by Gasteiger charge is 2.14. The summed E-state index contributed by atoms with van der Waals surface area (Å²) in [5, 5.41) is 12.6. The number of hydrogen-bond acceptors (Lipinski definition) is 5. The number of amides is 1. The van der Waals surface area contributed by atoms with Gasteiger partial charge in [0.15, 0.2) is 5.58 Å². The van der Waals surface area contributed by atoms with E-state index in [1.54, 1.807) is 13.8 Å². The molecule has 0 atom stereocenters. The topological polar surface area (TPSA) is 75.4 Å². The third-order valence-electron chi connectivity index (χ3n) is 2.32. The minimum atomic E-state index is -0.905. The highest BCUT2D eigenvalue weighted by atomic mass is 32.2. The maximum Gasteiger partial charge on any atom is 0.257 e. The lowest BCUT2D eigenvalue weighted by Gasteiger charge is -2.17. The zero-order valence-electron chi connectivity index (χ0n) is 10.8. The molecule has 0 saturated heterocycles. The Morgan fingerprint density at radius 1 is 1.47 bits per heavy atom. The van der Waals surface area contributed by atoms with Crippen LogP contribution in [0.15, 0.2) is 33.9 Å². The van der Waals surface area contributed by atoms with Crippen LogP contribution in [0.25, 0.3) is 11.1 Å². The summed E-state index contributed by atoms with van der Waals surface area (Å²) in [7, 11) is 0. The van der Waals surface area contributed by atoms with Crippen molar-refractivity contribution in [2.75, 3.05) is 12.3 Å². The van der Waals surface area contributed by atoms with Crippen molar-refractivity contribution in [3.05, 3.63) is 24.3 Å². The SMILES string of the molecule is CC(C)(O)CNC(=O)CSc1nc2ccccc2o1. The van der Waals surface area contributed by atoms with Gasteiger partial charge in [0.25, 0.3) is 5.22 Å². The number of para-hydroxylation sites is 2. The molecule has 0 aliphatic rings. The van der Waals surface area contributed by atoms with Gasteiger partial charge in [-0.05, 0) is 26.0 Å². The monoisotopic (exact) mass is 280 g/mol. The van der Waals surface area contributed by atoms with Gasteiger partial charge in [-0.2, -0.15) is 0 Å². The number of oxazole rings is 1. The van der Waals surface area contributed by atoms with Gasteiger partial charge in [0, 0.05) is 6.54 Å². The van der Waals surface area contributed by atoms with E-state index in [2.05, 4.69) is 10.3 Å². The van der Waals surface area contributed by atoms with Gasteiger partial charge in [-0.3, -0.25) is 4.79 Å². The number of carbonyl (C=O) groups excluding carboxylic acids is 1. The molecule has 0 aliphatic carbocycles. The van der Waals surface area contributed by atoms with Crippen molar-refractivity contribution in [1.82, 2.24) is 10.3 Å². The summed E-state index contributed by atoms with van der Waals surface area (Å²) in [5.74, 6) is 0.0532. The zero-order chi connectivity index (χ0) is 13.9. The van der Waals surface area contributed by atoms with Crippen molar-refractivity contribution in [2.45, 2.75) is 24.7 Å². The highest BCUT2D eigenvalue weighted by Crippen LogP contribution is 2.22. The first-order valence-corrected chi connectivity index (χ1v) is 6.90. The van der Waals surface area contributed by atoms with Crippen molar-refractivity contribution in [3.63, 3.8) is 0 Å². The predicted octanol–water partition coefficient (Wildman–Crippen LogP) is 1.81. The molecule has 1 heterocycles. The van der Waals surface area contributed by atoms with E-state index in [0.717, 1.165) is 5.52 Å². The number of aromatic nitrogens is 1. The second kappa shape index (κ2) is 5.63. The van der Waals surface area contributed by atoms with Gasteiger partial charge in [-0.15, -0.1) is 0 Å². The fraction of sp³-hybridized carbons (Fsp3) is 0.385. The summed E-state index contributed by atoms with van der Waals surface area (Å²) < 4.78 is 5.49. The van der Waals surface area contributed by atoms with E-state index in [4.69, 9.17) is 4.42 Å². The molecule has 1 amide bonds. The number of benzene rings is 1. The Morgan fingerprint density at radius 2 is 2.21 bits per heavy atom. The molecule has 6 heteroatoms. The van der Waals surface area contributed by atoms with Crippen LogP contribution in [-0.2, 0) is 4.79 Å². The Labute approximate surface area is 115 Å². The first-order chi connectivity index (χ1) is 8.94. The lowest BCUT2D eigenvalue weighted by molar-refractivity contribution is -0.119. The summed E-state index contributed by atoms with van der Waals surface area (Å²) in [4.78, 5) is 15.8. The fourth-order valence-electron chi connectivity index (χ4n) is 1.41. The fourth-order valence-corrected chi connectivity index (χ4v) is 2.07. The Hall–Kier alpha value is -1.53. The van der Waals surface area contributed by atoms with Crippen LogP contribution in [0.5, 0.6) is 0 Å². The number of rotatable bonds is 5. The molecule has 0 spiro atoms. The van der Waals surface area contributed by atoms with Gasteiger partial charge in [0.1, 0.15) is 5.52 Å². The van der Waals surface area contributed by atoms with Crippen LogP contribution in [0.3, 0.4) is 0 Å². The molecule has 0 unspecified atom stereocenters. The maximum atomic E-state index is 11.6. The van der Waals surface area contributed by atoms with E-state index in [9.17, 15) is 9.90 Å². The molecule has 2 N–H and O–H groups in total. The quantitative estimate of drug-likeness (QED) is 0.817.